The highest BCUT2D eigenvalue weighted by Crippen LogP contribution is 2.18. The molecule has 0 unspecified atom stereocenters. The van der Waals surface area contributed by atoms with E-state index in [1.165, 1.54) is 36.6 Å². The number of rotatable bonds is 9. The van der Waals surface area contributed by atoms with Gasteiger partial charge >= 0.3 is 0 Å². The second-order valence-corrected chi connectivity index (χ2v) is 5.07. The Labute approximate surface area is 115 Å². The molecule has 0 aliphatic rings. The summed E-state index contributed by atoms with van der Waals surface area (Å²) in [4.78, 5) is 0. The molecular weight excluding hydrogens is 236 g/mol. The van der Waals surface area contributed by atoms with Gasteiger partial charge in [-0.15, -0.1) is 0 Å². The molecule has 1 aromatic heterocycles. The first-order valence-corrected chi connectivity index (χ1v) is 7.44. The number of hydrogen-bond donors (Lipinski definition) is 0. The molecule has 0 aliphatic carbocycles. The Kier molecular flexibility index (Phi) is 5.96. The Morgan fingerprint density at radius 1 is 1.00 bits per heavy atom. The average molecular weight is 260 g/mol. The summed E-state index contributed by atoms with van der Waals surface area (Å²) in [6.45, 7) is 4.04. The van der Waals surface area contributed by atoms with Gasteiger partial charge in [-0.25, -0.2) is 0 Å². The molecule has 104 valence electrons. The summed E-state index contributed by atoms with van der Waals surface area (Å²) in [5, 5.41) is 1.18. The molecule has 1 heterocycles. The second kappa shape index (κ2) is 8.00. The van der Waals surface area contributed by atoms with Gasteiger partial charge in [-0.05, 0) is 43.4 Å². The van der Waals surface area contributed by atoms with Crippen LogP contribution in [0.3, 0.4) is 0 Å². The third-order valence-electron chi connectivity index (χ3n) is 3.42. The lowest BCUT2D eigenvalue weighted by Gasteiger charge is -2.04. The number of furan rings is 1. The highest BCUT2D eigenvalue weighted by molar-refractivity contribution is 5.77. The molecule has 0 bridgehead atoms. The van der Waals surface area contributed by atoms with Gasteiger partial charge in [0.2, 0.25) is 0 Å². The van der Waals surface area contributed by atoms with E-state index < -0.39 is 0 Å². The van der Waals surface area contributed by atoms with Gasteiger partial charge in [0.15, 0.2) is 0 Å². The van der Waals surface area contributed by atoms with E-state index in [1.54, 1.807) is 6.26 Å². The summed E-state index contributed by atoms with van der Waals surface area (Å²) in [7, 11) is 0. The normalized spacial score (nSPS) is 11.2. The van der Waals surface area contributed by atoms with Gasteiger partial charge in [-0.1, -0.05) is 31.9 Å². The molecular formula is C17H24O2. The summed E-state index contributed by atoms with van der Waals surface area (Å²) in [5.74, 6) is 0. The van der Waals surface area contributed by atoms with Crippen LogP contribution < -0.4 is 0 Å². The van der Waals surface area contributed by atoms with Crippen LogP contribution in [-0.4, -0.2) is 13.2 Å². The molecule has 0 amide bonds. The lowest BCUT2D eigenvalue weighted by Crippen LogP contribution is -1.97. The van der Waals surface area contributed by atoms with Crippen LogP contribution in [0.5, 0.6) is 0 Å². The lowest BCUT2D eigenvalue weighted by molar-refractivity contribution is 0.126. The Hall–Kier alpha value is -1.28. The van der Waals surface area contributed by atoms with Crippen molar-refractivity contribution in [3.63, 3.8) is 0 Å². The minimum atomic E-state index is 0.896. The number of ether oxygens (including phenoxy) is 1. The first-order chi connectivity index (χ1) is 9.40. The van der Waals surface area contributed by atoms with Crippen molar-refractivity contribution in [3.8, 4) is 0 Å². The quantitative estimate of drug-likeness (QED) is 0.594. The maximum Gasteiger partial charge on any atom is 0.134 e. The topological polar surface area (TPSA) is 22.4 Å². The van der Waals surface area contributed by atoms with Gasteiger partial charge in [0.1, 0.15) is 5.58 Å². The van der Waals surface area contributed by atoms with E-state index in [1.807, 2.05) is 6.07 Å². The number of unbranched alkanes of at least 4 members (excludes halogenated alkanes) is 3. The molecule has 0 fully saturated rings. The molecule has 1 aromatic carbocycles. The molecule has 0 atom stereocenters. The SMILES string of the molecule is CCCCCOCCCCc1ccc2ccoc2c1. The largest absolute Gasteiger partial charge is 0.464 e. The summed E-state index contributed by atoms with van der Waals surface area (Å²) in [6.07, 6.45) is 8.92. The molecule has 0 aliphatic heterocycles. The van der Waals surface area contributed by atoms with E-state index in [0.717, 1.165) is 31.6 Å². The molecule has 2 nitrogen and oxygen atoms in total. The van der Waals surface area contributed by atoms with E-state index in [4.69, 9.17) is 9.15 Å². The van der Waals surface area contributed by atoms with Crippen LogP contribution in [0.25, 0.3) is 11.0 Å². The molecule has 19 heavy (non-hydrogen) atoms. The number of aryl methyl sites for hydroxylation is 1. The predicted molar refractivity (Wildman–Crippen MR) is 79.5 cm³/mol. The van der Waals surface area contributed by atoms with Crippen LogP contribution >= 0.6 is 0 Å². The van der Waals surface area contributed by atoms with Crippen LogP contribution in [0.2, 0.25) is 0 Å². The number of benzene rings is 1. The number of fused-ring (bicyclic) bond motifs is 1. The first-order valence-electron chi connectivity index (χ1n) is 7.44. The highest BCUT2D eigenvalue weighted by atomic mass is 16.5. The Morgan fingerprint density at radius 3 is 2.68 bits per heavy atom. The maximum absolute atomic E-state index is 5.61. The van der Waals surface area contributed by atoms with E-state index in [0.29, 0.717) is 0 Å². The molecule has 0 saturated carbocycles. The van der Waals surface area contributed by atoms with Gasteiger partial charge in [0.25, 0.3) is 0 Å². The fraction of sp³-hybridized carbons (Fsp3) is 0.529. The molecule has 0 spiro atoms. The third-order valence-corrected chi connectivity index (χ3v) is 3.42. The van der Waals surface area contributed by atoms with E-state index >= 15 is 0 Å². The van der Waals surface area contributed by atoms with Gasteiger partial charge < -0.3 is 9.15 Å². The van der Waals surface area contributed by atoms with Crippen molar-refractivity contribution in [1.82, 2.24) is 0 Å². The monoisotopic (exact) mass is 260 g/mol. The minimum Gasteiger partial charge on any atom is -0.464 e. The summed E-state index contributed by atoms with van der Waals surface area (Å²) < 4.78 is 11.0. The molecule has 0 saturated heterocycles. The predicted octanol–water partition coefficient (Wildman–Crippen LogP) is 4.96. The van der Waals surface area contributed by atoms with Gasteiger partial charge in [-0.3, -0.25) is 0 Å². The molecule has 2 aromatic rings. The van der Waals surface area contributed by atoms with Crippen LogP contribution in [0.4, 0.5) is 0 Å². The molecule has 0 N–H and O–H groups in total. The summed E-state index contributed by atoms with van der Waals surface area (Å²) in [5.41, 5.74) is 2.35. The van der Waals surface area contributed by atoms with Gasteiger partial charge in [-0.2, -0.15) is 0 Å². The van der Waals surface area contributed by atoms with Crippen molar-refractivity contribution in [2.75, 3.05) is 13.2 Å². The summed E-state index contributed by atoms with van der Waals surface area (Å²) in [6, 6.07) is 8.48. The van der Waals surface area contributed by atoms with Crippen LogP contribution in [0, 0.1) is 0 Å². The van der Waals surface area contributed by atoms with Crippen molar-refractivity contribution in [2.24, 2.45) is 0 Å². The van der Waals surface area contributed by atoms with Crippen LogP contribution in [0.1, 0.15) is 44.6 Å². The lowest BCUT2D eigenvalue weighted by atomic mass is 10.1. The molecule has 0 radical (unpaired) electrons. The zero-order valence-electron chi connectivity index (χ0n) is 11.9. The highest BCUT2D eigenvalue weighted by Gasteiger charge is 1.99. The van der Waals surface area contributed by atoms with Crippen LogP contribution in [0.15, 0.2) is 34.9 Å². The second-order valence-electron chi connectivity index (χ2n) is 5.07. The van der Waals surface area contributed by atoms with Crippen molar-refractivity contribution < 1.29 is 9.15 Å². The Morgan fingerprint density at radius 2 is 1.84 bits per heavy atom. The first kappa shape index (κ1) is 14.1. The van der Waals surface area contributed by atoms with Crippen molar-refractivity contribution in [1.29, 1.82) is 0 Å². The molecule has 2 heteroatoms. The van der Waals surface area contributed by atoms with E-state index in [2.05, 4.69) is 25.1 Å². The maximum atomic E-state index is 5.61. The van der Waals surface area contributed by atoms with Crippen LogP contribution in [-0.2, 0) is 11.2 Å². The standard InChI is InChI=1S/C17H24O2/c1-2-3-5-11-18-12-6-4-7-15-8-9-16-10-13-19-17(16)14-15/h8-10,13-14H,2-7,11-12H2,1H3. The number of hydrogen-bond acceptors (Lipinski definition) is 2. The van der Waals surface area contributed by atoms with Crippen molar-refractivity contribution in [2.45, 2.75) is 45.4 Å². The zero-order chi connectivity index (χ0) is 13.3. The summed E-state index contributed by atoms with van der Waals surface area (Å²) >= 11 is 0. The van der Waals surface area contributed by atoms with E-state index in [9.17, 15) is 0 Å². The van der Waals surface area contributed by atoms with E-state index in [-0.39, 0.29) is 0 Å². The van der Waals surface area contributed by atoms with Crippen molar-refractivity contribution >= 4 is 11.0 Å². The molecule has 2 rings (SSSR count). The van der Waals surface area contributed by atoms with Crippen molar-refractivity contribution in [3.05, 3.63) is 36.1 Å². The Bertz CT molecular complexity index is 473. The zero-order valence-corrected chi connectivity index (χ0v) is 11.9. The van der Waals surface area contributed by atoms with Gasteiger partial charge in [0.05, 0.1) is 6.26 Å². The smallest absolute Gasteiger partial charge is 0.134 e. The minimum absolute atomic E-state index is 0.896. The average Bonchev–Trinajstić information content (AvgIpc) is 2.89. The third kappa shape index (κ3) is 4.71. The van der Waals surface area contributed by atoms with Gasteiger partial charge in [0, 0.05) is 18.6 Å². The fourth-order valence-corrected chi connectivity index (χ4v) is 2.24. The Balaban J connectivity index is 1.60. The fourth-order valence-electron chi connectivity index (χ4n) is 2.24.